The van der Waals surface area contributed by atoms with Gasteiger partial charge in [0.25, 0.3) is 0 Å². The lowest BCUT2D eigenvalue weighted by atomic mass is 9.93. The summed E-state index contributed by atoms with van der Waals surface area (Å²) in [6, 6.07) is 0. The first-order chi connectivity index (χ1) is 6.84. The quantitative estimate of drug-likeness (QED) is 0.710. The molecule has 0 saturated heterocycles. The number of carbonyl (C=O) groups excluding carboxylic acids is 1. The van der Waals surface area contributed by atoms with Crippen LogP contribution in [-0.2, 0) is 9.59 Å². The van der Waals surface area contributed by atoms with E-state index in [9.17, 15) is 9.59 Å². The molecule has 88 valence electrons. The van der Waals surface area contributed by atoms with Gasteiger partial charge < -0.3 is 10.4 Å². The second-order valence-corrected chi connectivity index (χ2v) is 4.28. The number of hydrogen-bond acceptors (Lipinski definition) is 2. The molecule has 0 aromatic heterocycles. The van der Waals surface area contributed by atoms with E-state index in [4.69, 9.17) is 5.11 Å². The lowest BCUT2D eigenvalue weighted by Gasteiger charge is -2.29. The van der Waals surface area contributed by atoms with Crippen LogP contribution < -0.4 is 5.32 Å². The molecule has 0 aromatic rings. The van der Waals surface area contributed by atoms with Gasteiger partial charge in [0.1, 0.15) is 0 Å². The summed E-state index contributed by atoms with van der Waals surface area (Å²) < 4.78 is 0. The number of rotatable bonds is 6. The standard InChI is InChI=1S/C11H21NO3/c1-5-8(3)10(15)12-11(4,6-2)7-9(13)14/h8H,5-7H2,1-4H3,(H,12,15)(H,13,14)/t8-,11-/m1/s1. The predicted octanol–water partition coefficient (Wildman–Crippen LogP) is 1.79. The first-order valence-electron chi connectivity index (χ1n) is 5.38. The van der Waals surface area contributed by atoms with Crippen LogP contribution in [0.25, 0.3) is 0 Å². The second kappa shape index (κ2) is 5.73. The fourth-order valence-corrected chi connectivity index (χ4v) is 1.20. The number of carboxylic acid groups (broad SMARTS) is 1. The highest BCUT2D eigenvalue weighted by atomic mass is 16.4. The van der Waals surface area contributed by atoms with Crippen LogP contribution in [0.3, 0.4) is 0 Å². The van der Waals surface area contributed by atoms with Gasteiger partial charge in [0.15, 0.2) is 0 Å². The Morgan fingerprint density at radius 1 is 1.40 bits per heavy atom. The molecule has 2 N–H and O–H groups in total. The number of aliphatic carboxylic acids is 1. The Kier molecular flexibility index (Phi) is 5.33. The molecule has 0 rings (SSSR count). The van der Waals surface area contributed by atoms with Gasteiger partial charge in [0, 0.05) is 11.5 Å². The van der Waals surface area contributed by atoms with E-state index in [1.54, 1.807) is 6.92 Å². The van der Waals surface area contributed by atoms with Crippen molar-refractivity contribution in [1.82, 2.24) is 5.32 Å². The van der Waals surface area contributed by atoms with E-state index in [1.165, 1.54) is 0 Å². The van der Waals surface area contributed by atoms with Gasteiger partial charge in [-0.25, -0.2) is 0 Å². The van der Waals surface area contributed by atoms with Gasteiger partial charge in [-0.05, 0) is 19.8 Å². The van der Waals surface area contributed by atoms with Crippen LogP contribution in [0.1, 0.15) is 47.0 Å². The van der Waals surface area contributed by atoms with E-state index in [0.717, 1.165) is 6.42 Å². The molecule has 0 saturated carbocycles. The summed E-state index contributed by atoms with van der Waals surface area (Å²) in [5, 5.41) is 11.5. The van der Waals surface area contributed by atoms with Crippen LogP contribution in [0.5, 0.6) is 0 Å². The van der Waals surface area contributed by atoms with Crippen LogP contribution >= 0.6 is 0 Å². The molecule has 15 heavy (non-hydrogen) atoms. The summed E-state index contributed by atoms with van der Waals surface area (Å²) in [7, 11) is 0. The molecule has 0 bridgehead atoms. The van der Waals surface area contributed by atoms with Crippen molar-refractivity contribution in [2.45, 2.75) is 52.5 Å². The van der Waals surface area contributed by atoms with Crippen LogP contribution in [0.4, 0.5) is 0 Å². The molecule has 4 heteroatoms. The molecule has 0 heterocycles. The largest absolute Gasteiger partial charge is 0.481 e. The lowest BCUT2D eigenvalue weighted by molar-refractivity contribution is -0.139. The zero-order chi connectivity index (χ0) is 12.1. The molecule has 0 aliphatic rings. The maximum atomic E-state index is 11.6. The molecule has 0 unspecified atom stereocenters. The fraction of sp³-hybridized carbons (Fsp3) is 0.818. The van der Waals surface area contributed by atoms with Gasteiger partial charge in [0.2, 0.25) is 5.91 Å². The molecule has 0 spiro atoms. The molecule has 0 fully saturated rings. The lowest BCUT2D eigenvalue weighted by Crippen LogP contribution is -2.48. The van der Waals surface area contributed by atoms with Gasteiger partial charge in [0.05, 0.1) is 6.42 Å². The van der Waals surface area contributed by atoms with E-state index in [1.807, 2.05) is 20.8 Å². The Morgan fingerprint density at radius 2 is 1.93 bits per heavy atom. The molecule has 2 atom stereocenters. The topological polar surface area (TPSA) is 66.4 Å². The van der Waals surface area contributed by atoms with E-state index >= 15 is 0 Å². The Bertz CT molecular complexity index is 240. The number of hydrogen-bond donors (Lipinski definition) is 2. The monoisotopic (exact) mass is 215 g/mol. The third-order valence-corrected chi connectivity index (χ3v) is 2.81. The number of carboxylic acids is 1. The van der Waals surface area contributed by atoms with Crippen LogP contribution in [0.2, 0.25) is 0 Å². The van der Waals surface area contributed by atoms with Crippen molar-refractivity contribution in [1.29, 1.82) is 0 Å². The van der Waals surface area contributed by atoms with Gasteiger partial charge in [-0.2, -0.15) is 0 Å². The molecule has 1 amide bonds. The van der Waals surface area contributed by atoms with E-state index < -0.39 is 11.5 Å². The van der Waals surface area contributed by atoms with Gasteiger partial charge >= 0.3 is 5.97 Å². The molecular formula is C11H21NO3. The molecule has 4 nitrogen and oxygen atoms in total. The summed E-state index contributed by atoms with van der Waals surface area (Å²) in [6.45, 7) is 7.41. The van der Waals surface area contributed by atoms with Crippen molar-refractivity contribution >= 4 is 11.9 Å². The van der Waals surface area contributed by atoms with Crippen LogP contribution in [0, 0.1) is 5.92 Å². The Balaban J connectivity index is 4.43. The third kappa shape index (κ3) is 4.81. The maximum Gasteiger partial charge on any atom is 0.305 e. The molecule has 0 aliphatic carbocycles. The molecular weight excluding hydrogens is 194 g/mol. The Morgan fingerprint density at radius 3 is 2.27 bits per heavy atom. The first kappa shape index (κ1) is 13.9. The van der Waals surface area contributed by atoms with Crippen molar-refractivity contribution in [3.63, 3.8) is 0 Å². The van der Waals surface area contributed by atoms with Gasteiger partial charge in [-0.1, -0.05) is 20.8 Å². The van der Waals surface area contributed by atoms with Gasteiger partial charge in [-0.3, -0.25) is 9.59 Å². The van der Waals surface area contributed by atoms with E-state index in [2.05, 4.69) is 5.32 Å². The van der Waals surface area contributed by atoms with E-state index in [-0.39, 0.29) is 18.2 Å². The SMILES string of the molecule is CC[C@@H](C)C(=O)N[C@](C)(CC)CC(=O)O. The summed E-state index contributed by atoms with van der Waals surface area (Å²) in [5.41, 5.74) is -0.633. The minimum atomic E-state index is -0.885. The Labute approximate surface area is 91.1 Å². The zero-order valence-corrected chi connectivity index (χ0v) is 9.96. The predicted molar refractivity (Wildman–Crippen MR) is 58.5 cm³/mol. The summed E-state index contributed by atoms with van der Waals surface area (Å²) in [6.07, 6.45) is 1.34. The number of carbonyl (C=O) groups is 2. The average Bonchev–Trinajstić information content (AvgIpc) is 2.15. The third-order valence-electron chi connectivity index (χ3n) is 2.81. The van der Waals surface area contributed by atoms with Crippen LogP contribution in [-0.4, -0.2) is 22.5 Å². The zero-order valence-electron chi connectivity index (χ0n) is 9.96. The molecule has 0 aromatic carbocycles. The highest BCUT2D eigenvalue weighted by Crippen LogP contribution is 2.15. The highest BCUT2D eigenvalue weighted by Gasteiger charge is 2.28. The average molecular weight is 215 g/mol. The molecule has 0 radical (unpaired) electrons. The number of nitrogens with one attached hydrogen (secondary N) is 1. The van der Waals surface area contributed by atoms with Crippen molar-refractivity contribution in [3.05, 3.63) is 0 Å². The smallest absolute Gasteiger partial charge is 0.305 e. The fourth-order valence-electron chi connectivity index (χ4n) is 1.20. The highest BCUT2D eigenvalue weighted by molar-refractivity contribution is 5.80. The summed E-state index contributed by atoms with van der Waals surface area (Å²) in [4.78, 5) is 22.3. The Hall–Kier alpha value is -1.06. The molecule has 0 aliphatic heterocycles. The van der Waals surface area contributed by atoms with Crippen LogP contribution in [0.15, 0.2) is 0 Å². The van der Waals surface area contributed by atoms with Gasteiger partial charge in [-0.15, -0.1) is 0 Å². The summed E-state index contributed by atoms with van der Waals surface area (Å²) >= 11 is 0. The van der Waals surface area contributed by atoms with Crippen molar-refractivity contribution in [3.8, 4) is 0 Å². The minimum Gasteiger partial charge on any atom is -0.481 e. The second-order valence-electron chi connectivity index (χ2n) is 4.28. The first-order valence-corrected chi connectivity index (χ1v) is 5.38. The number of amides is 1. The van der Waals surface area contributed by atoms with Crippen molar-refractivity contribution < 1.29 is 14.7 Å². The summed E-state index contributed by atoms with van der Waals surface area (Å²) in [5.74, 6) is -1.02. The van der Waals surface area contributed by atoms with Crippen molar-refractivity contribution in [2.75, 3.05) is 0 Å². The van der Waals surface area contributed by atoms with E-state index in [0.29, 0.717) is 6.42 Å². The minimum absolute atomic E-state index is 0.0360. The maximum absolute atomic E-state index is 11.6. The van der Waals surface area contributed by atoms with Crippen molar-refractivity contribution in [2.24, 2.45) is 5.92 Å². The normalized spacial score (nSPS) is 16.5.